The highest BCUT2D eigenvalue weighted by Gasteiger charge is 2.17. The van der Waals surface area contributed by atoms with E-state index in [1.807, 2.05) is 0 Å². The molecule has 0 unspecified atom stereocenters. The van der Waals surface area contributed by atoms with Crippen molar-refractivity contribution in [2.45, 2.75) is 11.3 Å². The summed E-state index contributed by atoms with van der Waals surface area (Å²) < 4.78 is 52.6. The van der Waals surface area contributed by atoms with Crippen LogP contribution in [0.25, 0.3) is 11.0 Å². The second-order valence-corrected chi connectivity index (χ2v) is 7.99. The molecule has 0 bridgehead atoms. The summed E-state index contributed by atoms with van der Waals surface area (Å²) in [5, 5.41) is 2.62. The van der Waals surface area contributed by atoms with Crippen molar-refractivity contribution in [1.29, 1.82) is 0 Å². The van der Waals surface area contributed by atoms with Gasteiger partial charge in [-0.2, -0.15) is 0 Å². The third-order valence-corrected chi connectivity index (χ3v) is 5.53. The molecule has 0 aliphatic heterocycles. The van der Waals surface area contributed by atoms with E-state index in [0.717, 1.165) is 0 Å². The number of benzene rings is 2. The predicted molar refractivity (Wildman–Crippen MR) is 108 cm³/mol. The summed E-state index contributed by atoms with van der Waals surface area (Å²) in [7, 11) is -3.90. The molecule has 0 spiro atoms. The summed E-state index contributed by atoms with van der Waals surface area (Å²) in [6.07, 6.45) is 0.0546. The van der Waals surface area contributed by atoms with Crippen molar-refractivity contribution >= 4 is 38.6 Å². The molecule has 4 rings (SSSR count). The topological polar surface area (TPSA) is 130 Å². The lowest BCUT2D eigenvalue weighted by Gasteiger charge is -2.08. The second kappa shape index (κ2) is 8.07. The number of carbonyl (C=O) groups is 1. The summed E-state index contributed by atoms with van der Waals surface area (Å²) in [6, 6.07) is 11.3. The van der Waals surface area contributed by atoms with Gasteiger partial charge in [0.1, 0.15) is 0 Å². The van der Waals surface area contributed by atoms with E-state index >= 15 is 0 Å². The van der Waals surface area contributed by atoms with E-state index in [1.165, 1.54) is 54.9 Å². The smallest absolute Gasteiger partial charge is 0.295 e. The van der Waals surface area contributed by atoms with Gasteiger partial charge < -0.3 is 10.3 Å². The number of carbonyl (C=O) groups excluding carboxylic acids is 1. The Morgan fingerprint density at radius 3 is 2.42 bits per heavy atom. The molecule has 9 nitrogen and oxygen atoms in total. The molecule has 31 heavy (non-hydrogen) atoms. The van der Waals surface area contributed by atoms with Crippen molar-refractivity contribution in [1.82, 2.24) is 19.9 Å². The minimum absolute atomic E-state index is 0.0450. The number of imidazole rings is 1. The van der Waals surface area contributed by atoms with Gasteiger partial charge in [0.05, 0.1) is 15.9 Å². The molecule has 158 valence electrons. The first-order chi connectivity index (χ1) is 14.8. The zero-order valence-electron chi connectivity index (χ0n) is 15.6. The number of halogens is 2. The fourth-order valence-corrected chi connectivity index (χ4v) is 3.68. The average Bonchev–Trinajstić information content (AvgIpc) is 3.18. The number of sulfonamides is 1. The molecule has 0 aliphatic carbocycles. The van der Waals surface area contributed by atoms with Crippen molar-refractivity contribution in [2.24, 2.45) is 0 Å². The van der Waals surface area contributed by atoms with Crippen molar-refractivity contribution in [3.63, 3.8) is 0 Å². The standard InChI is InChI=1S/C19H14F2N6O3S/c20-16(21)17-25-14-7-2-11(10-15(14)26-17)18(28)24-12-3-5-13(6-4-12)31(29,30)27-19-22-8-1-9-23-19/h1-10,16H,(H,24,28)(H,25,26)(H,22,23,27). The number of fused-ring (bicyclic) bond motifs is 1. The minimum Gasteiger partial charge on any atom is -0.337 e. The normalized spacial score (nSPS) is 11.6. The quantitative estimate of drug-likeness (QED) is 0.418. The first-order valence-electron chi connectivity index (χ1n) is 8.81. The molecular weight excluding hydrogens is 430 g/mol. The number of amides is 1. The van der Waals surface area contributed by atoms with Crippen LogP contribution < -0.4 is 10.0 Å². The first kappa shape index (κ1) is 20.3. The zero-order valence-corrected chi connectivity index (χ0v) is 16.4. The van der Waals surface area contributed by atoms with Crippen molar-refractivity contribution in [3.05, 3.63) is 72.3 Å². The Hall–Kier alpha value is -3.93. The maximum absolute atomic E-state index is 12.8. The number of anilines is 2. The van der Waals surface area contributed by atoms with Crippen LogP contribution in [0.4, 0.5) is 20.4 Å². The Morgan fingerprint density at radius 2 is 1.74 bits per heavy atom. The summed E-state index contributed by atoms with van der Waals surface area (Å²) in [4.78, 5) is 26.3. The minimum atomic E-state index is -3.90. The summed E-state index contributed by atoms with van der Waals surface area (Å²) in [5.74, 6) is -1.04. The van der Waals surface area contributed by atoms with Crippen molar-refractivity contribution < 1.29 is 22.0 Å². The molecule has 2 heterocycles. The van der Waals surface area contributed by atoms with E-state index in [-0.39, 0.29) is 16.4 Å². The number of rotatable bonds is 6. The number of aromatic amines is 1. The van der Waals surface area contributed by atoms with Crippen LogP contribution in [0.1, 0.15) is 22.6 Å². The van der Waals surface area contributed by atoms with E-state index in [1.54, 1.807) is 6.07 Å². The summed E-state index contributed by atoms with van der Waals surface area (Å²) in [6.45, 7) is 0. The lowest BCUT2D eigenvalue weighted by atomic mass is 10.2. The molecule has 0 radical (unpaired) electrons. The predicted octanol–water partition coefficient (Wildman–Crippen LogP) is 3.34. The maximum Gasteiger partial charge on any atom is 0.295 e. The Labute approximate surface area is 174 Å². The highest BCUT2D eigenvalue weighted by atomic mass is 32.2. The van der Waals surface area contributed by atoms with Gasteiger partial charge in [0.2, 0.25) is 5.95 Å². The summed E-state index contributed by atoms with van der Waals surface area (Å²) in [5.41, 5.74) is 1.18. The van der Waals surface area contributed by atoms with Gasteiger partial charge in [-0.15, -0.1) is 0 Å². The molecule has 1 amide bonds. The van der Waals surface area contributed by atoms with Crippen LogP contribution in [0.15, 0.2) is 65.8 Å². The highest BCUT2D eigenvalue weighted by molar-refractivity contribution is 7.92. The highest BCUT2D eigenvalue weighted by Crippen LogP contribution is 2.22. The first-order valence-corrected chi connectivity index (χ1v) is 10.3. The third kappa shape index (κ3) is 4.48. The Balaban J connectivity index is 1.48. The van der Waals surface area contributed by atoms with Gasteiger partial charge in [0.15, 0.2) is 5.82 Å². The van der Waals surface area contributed by atoms with Gasteiger partial charge in [0.25, 0.3) is 22.4 Å². The Morgan fingerprint density at radius 1 is 1.03 bits per heavy atom. The number of nitrogens with zero attached hydrogens (tertiary/aromatic N) is 3. The van der Waals surface area contributed by atoms with Crippen LogP contribution in [0.2, 0.25) is 0 Å². The molecular formula is C19H14F2N6O3S. The molecule has 2 aromatic carbocycles. The fraction of sp³-hybridized carbons (Fsp3) is 0.0526. The van der Waals surface area contributed by atoms with Crippen LogP contribution in [0, 0.1) is 0 Å². The molecule has 2 aromatic heterocycles. The van der Waals surface area contributed by atoms with Crippen molar-refractivity contribution in [2.75, 3.05) is 10.0 Å². The summed E-state index contributed by atoms with van der Waals surface area (Å²) >= 11 is 0. The maximum atomic E-state index is 12.8. The van der Waals surface area contributed by atoms with Gasteiger partial charge in [-0.25, -0.2) is 36.9 Å². The molecule has 0 saturated carbocycles. The molecule has 3 N–H and O–H groups in total. The van der Waals surface area contributed by atoms with Crippen LogP contribution in [-0.2, 0) is 10.0 Å². The van der Waals surface area contributed by atoms with E-state index < -0.39 is 28.2 Å². The van der Waals surface area contributed by atoms with Crippen molar-refractivity contribution in [3.8, 4) is 0 Å². The fourth-order valence-electron chi connectivity index (χ4n) is 2.73. The van der Waals surface area contributed by atoms with E-state index in [4.69, 9.17) is 0 Å². The van der Waals surface area contributed by atoms with Crippen LogP contribution in [0.5, 0.6) is 0 Å². The van der Waals surface area contributed by atoms with Crippen LogP contribution >= 0.6 is 0 Å². The van der Waals surface area contributed by atoms with Gasteiger partial charge in [-0.05, 0) is 48.5 Å². The van der Waals surface area contributed by atoms with Gasteiger partial charge in [0, 0.05) is 23.6 Å². The number of alkyl halides is 2. The SMILES string of the molecule is O=C(Nc1ccc(S(=O)(=O)Nc2ncccn2)cc1)c1ccc2nc(C(F)F)[nH]c2c1. The number of hydrogen-bond donors (Lipinski definition) is 3. The lowest BCUT2D eigenvalue weighted by Crippen LogP contribution is -2.15. The molecule has 12 heteroatoms. The molecule has 0 saturated heterocycles. The monoisotopic (exact) mass is 444 g/mol. The molecule has 0 fully saturated rings. The zero-order chi connectivity index (χ0) is 22.0. The number of hydrogen-bond acceptors (Lipinski definition) is 6. The molecule has 4 aromatic rings. The average molecular weight is 444 g/mol. The van der Waals surface area contributed by atoms with Crippen LogP contribution in [-0.4, -0.2) is 34.3 Å². The van der Waals surface area contributed by atoms with E-state index in [2.05, 4.69) is 30.0 Å². The van der Waals surface area contributed by atoms with Gasteiger partial charge in [-0.1, -0.05) is 0 Å². The molecule has 0 atom stereocenters. The van der Waals surface area contributed by atoms with Crippen LogP contribution in [0.3, 0.4) is 0 Å². The number of aromatic nitrogens is 4. The van der Waals surface area contributed by atoms with Gasteiger partial charge >= 0.3 is 0 Å². The largest absolute Gasteiger partial charge is 0.337 e. The number of H-pyrrole nitrogens is 1. The lowest BCUT2D eigenvalue weighted by molar-refractivity contribution is 0.102. The van der Waals surface area contributed by atoms with Gasteiger partial charge in [-0.3, -0.25) is 4.79 Å². The molecule has 0 aliphatic rings. The Bertz CT molecular complexity index is 1340. The van der Waals surface area contributed by atoms with E-state index in [9.17, 15) is 22.0 Å². The van der Waals surface area contributed by atoms with E-state index in [0.29, 0.717) is 16.7 Å². The third-order valence-electron chi connectivity index (χ3n) is 4.18. The second-order valence-electron chi connectivity index (χ2n) is 6.31. The number of nitrogens with one attached hydrogen (secondary N) is 3. The Kier molecular flexibility index (Phi) is 5.29.